The predicted molar refractivity (Wildman–Crippen MR) is 142 cm³/mol. The summed E-state index contributed by atoms with van der Waals surface area (Å²) in [5, 5.41) is 8.28. The van der Waals surface area contributed by atoms with E-state index in [1.54, 1.807) is 6.92 Å². The van der Waals surface area contributed by atoms with Crippen LogP contribution in [0.5, 0.6) is 0 Å². The summed E-state index contributed by atoms with van der Waals surface area (Å²) >= 11 is 6.16. The van der Waals surface area contributed by atoms with Crippen LogP contribution in [-0.2, 0) is 28.7 Å². The summed E-state index contributed by atoms with van der Waals surface area (Å²) in [6.45, 7) is 3.27. The van der Waals surface area contributed by atoms with Crippen LogP contribution in [0.2, 0.25) is 5.02 Å². The Balaban J connectivity index is 1.34. The minimum atomic E-state index is -0.904. The largest absolute Gasteiger partial charge is 0.433 e. The third-order valence-electron chi connectivity index (χ3n) is 7.27. The van der Waals surface area contributed by atoms with E-state index in [1.165, 1.54) is 30.0 Å². The van der Waals surface area contributed by atoms with Gasteiger partial charge < -0.3 is 30.3 Å². The molecular formula is C27H35ClN4O7. The topological polar surface area (TPSA) is 143 Å². The normalized spacial score (nSPS) is 24.1. The van der Waals surface area contributed by atoms with Gasteiger partial charge in [-0.25, -0.2) is 0 Å². The maximum atomic E-state index is 13.2. The van der Waals surface area contributed by atoms with Crippen molar-refractivity contribution in [3.8, 4) is 0 Å². The molecule has 0 unspecified atom stereocenters. The molecule has 4 atom stereocenters. The highest BCUT2D eigenvalue weighted by Crippen LogP contribution is 2.27. The summed E-state index contributed by atoms with van der Waals surface area (Å²) < 4.78 is 11.4. The minimum Gasteiger partial charge on any atom is -0.433 e. The van der Waals surface area contributed by atoms with E-state index >= 15 is 0 Å². The van der Waals surface area contributed by atoms with Gasteiger partial charge >= 0.3 is 5.97 Å². The molecule has 2 saturated heterocycles. The molecule has 0 bridgehead atoms. The van der Waals surface area contributed by atoms with Gasteiger partial charge in [-0.05, 0) is 50.8 Å². The molecule has 212 valence electrons. The second-order valence-corrected chi connectivity index (χ2v) is 10.7. The summed E-state index contributed by atoms with van der Waals surface area (Å²) in [5.74, 6) is -2.01. The van der Waals surface area contributed by atoms with Crippen molar-refractivity contribution >= 4 is 46.9 Å². The van der Waals surface area contributed by atoms with E-state index in [4.69, 9.17) is 21.1 Å². The van der Waals surface area contributed by atoms with Crippen molar-refractivity contribution in [1.29, 1.82) is 0 Å². The number of esters is 1. The average Bonchev–Trinajstić information content (AvgIpc) is 3.51. The molecule has 3 fully saturated rings. The third-order valence-corrected chi connectivity index (χ3v) is 7.58. The Morgan fingerprint density at radius 1 is 1.10 bits per heavy atom. The van der Waals surface area contributed by atoms with Crippen molar-refractivity contribution in [2.75, 3.05) is 11.9 Å². The fourth-order valence-electron chi connectivity index (χ4n) is 5.29. The maximum Gasteiger partial charge on any atom is 0.310 e. The second-order valence-electron chi connectivity index (χ2n) is 10.3. The Bertz CT molecular complexity index is 1120. The van der Waals surface area contributed by atoms with Crippen LogP contribution >= 0.6 is 11.6 Å². The van der Waals surface area contributed by atoms with E-state index in [2.05, 4.69) is 16.0 Å². The number of cyclic esters (lactones) is 1. The zero-order valence-electron chi connectivity index (χ0n) is 22.2. The van der Waals surface area contributed by atoms with E-state index in [0.717, 1.165) is 32.1 Å². The van der Waals surface area contributed by atoms with Crippen LogP contribution in [0.3, 0.4) is 0 Å². The number of nitrogens with zero attached hydrogens (tertiary/aromatic N) is 1. The van der Waals surface area contributed by atoms with Gasteiger partial charge in [0, 0.05) is 19.0 Å². The lowest BCUT2D eigenvalue weighted by Crippen LogP contribution is -2.54. The number of ether oxygens (including phenoxy) is 2. The first-order chi connectivity index (χ1) is 18.6. The Hall–Kier alpha value is -3.18. The number of anilines is 1. The van der Waals surface area contributed by atoms with Crippen LogP contribution < -0.4 is 16.0 Å². The van der Waals surface area contributed by atoms with Gasteiger partial charge in [0.2, 0.25) is 24.0 Å². The van der Waals surface area contributed by atoms with Gasteiger partial charge in [-0.15, -0.1) is 0 Å². The van der Waals surface area contributed by atoms with Crippen molar-refractivity contribution in [2.24, 2.45) is 0 Å². The zero-order valence-corrected chi connectivity index (χ0v) is 22.9. The number of rotatable bonds is 8. The van der Waals surface area contributed by atoms with Gasteiger partial charge in [0.05, 0.1) is 23.2 Å². The van der Waals surface area contributed by atoms with Gasteiger partial charge in [-0.1, -0.05) is 30.9 Å². The molecule has 1 aromatic carbocycles. The molecule has 11 nitrogen and oxygen atoms in total. The molecule has 2 heterocycles. The summed E-state index contributed by atoms with van der Waals surface area (Å²) in [6, 6.07) is 2.16. The molecular weight excluding hydrogens is 528 g/mol. The molecule has 39 heavy (non-hydrogen) atoms. The van der Waals surface area contributed by atoms with Gasteiger partial charge in [0.15, 0.2) is 0 Å². The molecule has 0 aromatic heterocycles. The fraction of sp³-hybridized carbons (Fsp3) is 0.593. The van der Waals surface area contributed by atoms with Crippen LogP contribution in [0.1, 0.15) is 75.6 Å². The third kappa shape index (κ3) is 7.27. The summed E-state index contributed by atoms with van der Waals surface area (Å²) in [4.78, 5) is 63.9. The zero-order chi connectivity index (χ0) is 28.1. The lowest BCUT2D eigenvalue weighted by atomic mass is 9.98. The highest BCUT2D eigenvalue weighted by atomic mass is 35.5. The monoisotopic (exact) mass is 562 g/mol. The van der Waals surface area contributed by atoms with E-state index in [1.807, 2.05) is 0 Å². The lowest BCUT2D eigenvalue weighted by molar-refractivity contribution is -0.180. The van der Waals surface area contributed by atoms with Crippen LogP contribution in [-0.4, -0.2) is 71.6 Å². The minimum absolute atomic E-state index is 0.000413. The molecule has 12 heteroatoms. The number of benzene rings is 1. The highest BCUT2D eigenvalue weighted by Gasteiger charge is 2.42. The number of carbonyl (C=O) groups is 5. The molecule has 4 rings (SSSR count). The predicted octanol–water partition coefficient (Wildman–Crippen LogP) is 2.51. The van der Waals surface area contributed by atoms with Crippen molar-refractivity contribution < 1.29 is 33.4 Å². The van der Waals surface area contributed by atoms with Crippen molar-refractivity contribution in [2.45, 2.75) is 95.7 Å². The van der Waals surface area contributed by atoms with Crippen LogP contribution in [0.4, 0.5) is 5.69 Å². The molecule has 3 aliphatic rings. The van der Waals surface area contributed by atoms with Crippen LogP contribution in [0.25, 0.3) is 0 Å². The molecule has 3 N–H and O–H groups in total. The molecule has 1 aromatic rings. The first-order valence-electron chi connectivity index (χ1n) is 13.5. The number of halogens is 1. The number of carbonyl (C=O) groups excluding carboxylic acids is 5. The Labute approximate surface area is 232 Å². The second kappa shape index (κ2) is 12.8. The van der Waals surface area contributed by atoms with Gasteiger partial charge in [-0.3, -0.25) is 24.0 Å². The number of amides is 4. The molecule has 0 spiro atoms. The smallest absolute Gasteiger partial charge is 0.310 e. The van der Waals surface area contributed by atoms with E-state index in [9.17, 15) is 24.0 Å². The first-order valence-corrected chi connectivity index (χ1v) is 13.8. The maximum absolute atomic E-state index is 13.2. The number of likely N-dealkylation sites (tertiary alicyclic amines) is 1. The van der Waals surface area contributed by atoms with Gasteiger partial charge in [0.1, 0.15) is 18.1 Å². The average molecular weight is 563 g/mol. The highest BCUT2D eigenvalue weighted by molar-refractivity contribution is 6.34. The van der Waals surface area contributed by atoms with Gasteiger partial charge in [0.25, 0.3) is 5.91 Å². The van der Waals surface area contributed by atoms with Crippen LogP contribution in [0, 0.1) is 0 Å². The SMILES string of the molecule is CC(=O)Nc1ccc(C(=O)N[C@@H](C)C(=O)N2CCC[C@H]2C(=O)N[C@H]2CC(=O)O[C@H]2OC2CCCCC2)cc1Cl. The molecule has 1 saturated carbocycles. The van der Waals surface area contributed by atoms with E-state index < -0.39 is 42.2 Å². The quantitative estimate of drug-likeness (QED) is 0.413. The molecule has 0 radical (unpaired) electrons. The number of nitrogens with one attached hydrogen (secondary N) is 3. The Kier molecular flexibility index (Phi) is 9.45. The summed E-state index contributed by atoms with van der Waals surface area (Å²) in [6.07, 6.45) is 5.35. The molecule has 1 aliphatic carbocycles. The van der Waals surface area contributed by atoms with Crippen molar-refractivity contribution in [3.05, 3.63) is 28.8 Å². The van der Waals surface area contributed by atoms with E-state index in [-0.39, 0.29) is 34.9 Å². The van der Waals surface area contributed by atoms with Gasteiger partial charge in [-0.2, -0.15) is 0 Å². The number of hydrogen-bond donors (Lipinski definition) is 3. The molecule has 4 amide bonds. The fourth-order valence-corrected chi connectivity index (χ4v) is 5.52. The number of hydrogen-bond acceptors (Lipinski definition) is 7. The summed E-state index contributed by atoms with van der Waals surface area (Å²) in [7, 11) is 0. The Morgan fingerprint density at radius 3 is 2.54 bits per heavy atom. The van der Waals surface area contributed by atoms with Crippen molar-refractivity contribution in [1.82, 2.24) is 15.5 Å². The van der Waals surface area contributed by atoms with E-state index in [0.29, 0.717) is 25.1 Å². The van der Waals surface area contributed by atoms with Crippen LogP contribution in [0.15, 0.2) is 18.2 Å². The lowest BCUT2D eigenvalue weighted by Gasteiger charge is -2.30. The molecule has 2 aliphatic heterocycles. The van der Waals surface area contributed by atoms with Crippen molar-refractivity contribution in [3.63, 3.8) is 0 Å². The Morgan fingerprint density at radius 2 is 1.85 bits per heavy atom. The standard InChI is InChI=1S/C27H35ClN4O7/c1-15(29-24(35)17-10-11-20(19(28)13-17)30-16(2)33)26(37)32-12-6-9-22(32)25(36)31-21-14-23(34)39-27(21)38-18-7-4-3-5-8-18/h10-11,13,15,18,21-22,27H,3-9,12,14H2,1-2H3,(H,29,35)(H,30,33)(H,31,36)/t15-,21-,22-,27+/m0/s1. The summed E-state index contributed by atoms with van der Waals surface area (Å²) in [5.41, 5.74) is 0.593. The first kappa shape index (κ1) is 28.8.